The van der Waals surface area contributed by atoms with Crippen molar-refractivity contribution in [2.24, 2.45) is 0 Å². The first-order valence-electron chi connectivity index (χ1n) is 7.75. The van der Waals surface area contributed by atoms with E-state index in [-0.39, 0.29) is 23.0 Å². The van der Waals surface area contributed by atoms with Crippen LogP contribution in [0.4, 0.5) is 0 Å². The summed E-state index contributed by atoms with van der Waals surface area (Å²) in [6.45, 7) is 0. The van der Waals surface area contributed by atoms with E-state index in [1.54, 1.807) is 54.6 Å². The molecule has 0 fully saturated rings. The van der Waals surface area contributed by atoms with E-state index in [0.717, 1.165) is 11.1 Å². The van der Waals surface area contributed by atoms with E-state index in [1.807, 2.05) is 0 Å². The van der Waals surface area contributed by atoms with Gasteiger partial charge in [0.05, 0.1) is 0 Å². The lowest BCUT2D eigenvalue weighted by Gasteiger charge is -2.13. The van der Waals surface area contributed by atoms with Crippen molar-refractivity contribution in [3.8, 4) is 28.7 Å². The van der Waals surface area contributed by atoms with Crippen LogP contribution in [0.5, 0.6) is 28.7 Å². The predicted molar refractivity (Wildman–Crippen MR) is 93.3 cm³/mol. The number of phenols is 5. The summed E-state index contributed by atoms with van der Waals surface area (Å²) < 4.78 is 0. The van der Waals surface area contributed by atoms with Crippen LogP contribution in [0.25, 0.3) is 0 Å². The first-order chi connectivity index (χ1) is 11.9. The highest BCUT2D eigenvalue weighted by molar-refractivity contribution is 5.59. The van der Waals surface area contributed by atoms with Gasteiger partial charge in [0.15, 0.2) is 11.5 Å². The van der Waals surface area contributed by atoms with Crippen LogP contribution in [-0.4, -0.2) is 25.5 Å². The van der Waals surface area contributed by atoms with Gasteiger partial charge in [-0.25, -0.2) is 0 Å². The summed E-state index contributed by atoms with van der Waals surface area (Å²) in [5, 5.41) is 49.0. The fourth-order valence-corrected chi connectivity index (χ4v) is 2.70. The molecule has 0 spiro atoms. The summed E-state index contributed by atoms with van der Waals surface area (Å²) in [5.74, 6) is -0.978. The zero-order valence-corrected chi connectivity index (χ0v) is 13.3. The van der Waals surface area contributed by atoms with Crippen LogP contribution < -0.4 is 0 Å². The number of benzene rings is 3. The first-order valence-corrected chi connectivity index (χ1v) is 7.75. The molecule has 0 aliphatic carbocycles. The van der Waals surface area contributed by atoms with Crippen molar-refractivity contribution in [1.82, 2.24) is 0 Å². The fraction of sp³-hybridized carbons (Fsp3) is 0.100. The Hall–Kier alpha value is -3.34. The average Bonchev–Trinajstić information content (AvgIpc) is 2.61. The van der Waals surface area contributed by atoms with Crippen LogP contribution in [0.15, 0.2) is 54.6 Å². The summed E-state index contributed by atoms with van der Waals surface area (Å²) in [4.78, 5) is 0. The molecule has 0 bridgehead atoms. The lowest BCUT2D eigenvalue weighted by molar-refractivity contribution is 0.363. The zero-order chi connectivity index (χ0) is 18.0. The zero-order valence-electron chi connectivity index (χ0n) is 13.3. The van der Waals surface area contributed by atoms with Crippen molar-refractivity contribution in [1.29, 1.82) is 0 Å². The van der Waals surface area contributed by atoms with Gasteiger partial charge >= 0.3 is 0 Å². The molecule has 0 saturated heterocycles. The number of hydrogen-bond donors (Lipinski definition) is 5. The molecule has 0 atom stereocenters. The molecular weight excluding hydrogens is 320 g/mol. The van der Waals surface area contributed by atoms with Gasteiger partial charge in [-0.15, -0.1) is 0 Å². The van der Waals surface area contributed by atoms with Gasteiger partial charge in [-0.2, -0.15) is 0 Å². The standard InChI is InChI=1S/C20H18O5/c21-16-5-1-12(2-6-16)9-14-11-15(19(24)20(25)18(14)23)10-13-3-7-17(22)8-4-13/h1-8,11,21-25H,9-10H2. The number of aromatic hydroxyl groups is 5. The molecule has 5 heteroatoms. The van der Waals surface area contributed by atoms with Gasteiger partial charge in [-0.05, 0) is 41.5 Å². The Morgan fingerprint density at radius 1 is 0.480 bits per heavy atom. The number of phenolic OH excluding ortho intramolecular Hbond substituents is 5. The van der Waals surface area contributed by atoms with Gasteiger partial charge in [-0.1, -0.05) is 24.3 Å². The Morgan fingerprint density at radius 2 is 0.840 bits per heavy atom. The van der Waals surface area contributed by atoms with Gasteiger partial charge < -0.3 is 25.5 Å². The van der Waals surface area contributed by atoms with Crippen molar-refractivity contribution >= 4 is 0 Å². The summed E-state index contributed by atoms with van der Waals surface area (Å²) in [6, 6.07) is 14.7. The van der Waals surface area contributed by atoms with Crippen LogP contribution in [0.3, 0.4) is 0 Å². The molecule has 0 heterocycles. The van der Waals surface area contributed by atoms with Crippen molar-refractivity contribution < 1.29 is 25.5 Å². The largest absolute Gasteiger partial charge is 0.508 e. The minimum Gasteiger partial charge on any atom is -0.508 e. The third kappa shape index (κ3) is 3.61. The molecule has 3 rings (SSSR count). The highest BCUT2D eigenvalue weighted by atomic mass is 16.3. The lowest BCUT2D eigenvalue weighted by Crippen LogP contribution is -1.95. The van der Waals surface area contributed by atoms with E-state index in [1.165, 1.54) is 0 Å². The van der Waals surface area contributed by atoms with E-state index in [4.69, 9.17) is 0 Å². The first kappa shape index (κ1) is 16.5. The van der Waals surface area contributed by atoms with Crippen molar-refractivity contribution in [2.45, 2.75) is 12.8 Å². The van der Waals surface area contributed by atoms with Gasteiger partial charge in [0, 0.05) is 24.0 Å². The van der Waals surface area contributed by atoms with Crippen molar-refractivity contribution in [3.05, 3.63) is 76.9 Å². The van der Waals surface area contributed by atoms with E-state index >= 15 is 0 Å². The van der Waals surface area contributed by atoms with Crippen LogP contribution in [0.2, 0.25) is 0 Å². The molecule has 0 unspecified atom stereocenters. The highest BCUT2D eigenvalue weighted by Gasteiger charge is 2.17. The molecule has 25 heavy (non-hydrogen) atoms. The molecule has 0 aliphatic rings. The van der Waals surface area contributed by atoms with Crippen molar-refractivity contribution in [2.75, 3.05) is 0 Å². The van der Waals surface area contributed by atoms with Crippen molar-refractivity contribution in [3.63, 3.8) is 0 Å². The average molecular weight is 338 g/mol. The number of rotatable bonds is 4. The second-order valence-electron chi connectivity index (χ2n) is 5.93. The third-order valence-corrected chi connectivity index (χ3v) is 4.07. The second kappa shape index (κ2) is 6.65. The monoisotopic (exact) mass is 338 g/mol. The molecule has 0 amide bonds. The Bertz CT molecular complexity index is 812. The quantitative estimate of drug-likeness (QED) is 0.469. The maximum Gasteiger partial charge on any atom is 0.200 e. The minimum absolute atomic E-state index is 0.148. The molecule has 3 aromatic carbocycles. The molecular formula is C20H18O5. The van der Waals surface area contributed by atoms with E-state index in [0.29, 0.717) is 24.0 Å². The van der Waals surface area contributed by atoms with E-state index in [9.17, 15) is 25.5 Å². The Morgan fingerprint density at radius 3 is 1.20 bits per heavy atom. The molecule has 5 N–H and O–H groups in total. The van der Waals surface area contributed by atoms with Gasteiger partial charge in [0.2, 0.25) is 5.75 Å². The van der Waals surface area contributed by atoms with E-state index in [2.05, 4.69) is 0 Å². The third-order valence-electron chi connectivity index (χ3n) is 4.07. The maximum absolute atomic E-state index is 10.1. The Labute approximate surface area is 144 Å². The van der Waals surface area contributed by atoms with Crippen LogP contribution >= 0.6 is 0 Å². The molecule has 0 aliphatic heterocycles. The molecule has 5 nitrogen and oxygen atoms in total. The topological polar surface area (TPSA) is 101 Å². The molecule has 0 saturated carbocycles. The molecule has 3 aromatic rings. The van der Waals surface area contributed by atoms with Gasteiger partial charge in [-0.3, -0.25) is 0 Å². The Balaban J connectivity index is 1.94. The lowest BCUT2D eigenvalue weighted by atomic mass is 9.96. The summed E-state index contributed by atoms with van der Waals surface area (Å²) >= 11 is 0. The summed E-state index contributed by atoms with van der Waals surface area (Å²) in [6.07, 6.45) is 0.672. The van der Waals surface area contributed by atoms with Crippen LogP contribution in [-0.2, 0) is 12.8 Å². The predicted octanol–water partition coefficient (Wildman–Crippen LogP) is 3.40. The highest BCUT2D eigenvalue weighted by Crippen LogP contribution is 2.42. The second-order valence-corrected chi connectivity index (χ2v) is 5.93. The smallest absolute Gasteiger partial charge is 0.200 e. The van der Waals surface area contributed by atoms with Gasteiger partial charge in [0.1, 0.15) is 11.5 Å². The van der Waals surface area contributed by atoms with Crippen LogP contribution in [0, 0.1) is 0 Å². The van der Waals surface area contributed by atoms with Gasteiger partial charge in [0.25, 0.3) is 0 Å². The van der Waals surface area contributed by atoms with E-state index < -0.39 is 5.75 Å². The fourth-order valence-electron chi connectivity index (χ4n) is 2.70. The maximum atomic E-state index is 10.1. The normalized spacial score (nSPS) is 10.7. The minimum atomic E-state index is -0.551. The molecule has 0 radical (unpaired) electrons. The SMILES string of the molecule is Oc1ccc(Cc2cc(Cc3ccc(O)cc3)c(O)c(O)c2O)cc1. The molecule has 0 aromatic heterocycles. The summed E-state index contributed by atoms with van der Waals surface area (Å²) in [7, 11) is 0. The molecule has 128 valence electrons. The Kier molecular flexibility index (Phi) is 4.39. The number of hydrogen-bond acceptors (Lipinski definition) is 5. The van der Waals surface area contributed by atoms with Crippen LogP contribution in [0.1, 0.15) is 22.3 Å². The summed E-state index contributed by atoms with van der Waals surface area (Å²) in [5.41, 5.74) is 2.62.